The van der Waals surface area contributed by atoms with E-state index in [0.29, 0.717) is 12.0 Å². The number of carbonyl (C=O) groups excluding carboxylic acids is 2. The number of nitrogens with one attached hydrogen (secondary N) is 1. The molecule has 0 aliphatic carbocycles. The van der Waals surface area contributed by atoms with Crippen molar-refractivity contribution in [3.63, 3.8) is 0 Å². The van der Waals surface area contributed by atoms with Gasteiger partial charge in [-0.1, -0.05) is 48.5 Å². The van der Waals surface area contributed by atoms with E-state index in [-0.39, 0.29) is 25.2 Å². The van der Waals surface area contributed by atoms with E-state index in [2.05, 4.69) is 4.98 Å². The van der Waals surface area contributed by atoms with Crippen LogP contribution in [0.2, 0.25) is 0 Å². The van der Waals surface area contributed by atoms with Gasteiger partial charge in [0.15, 0.2) is 11.4 Å². The number of carboxylic acids is 1. The molecule has 4 rings (SSSR count). The largest absolute Gasteiger partial charge is 0.478 e. The van der Waals surface area contributed by atoms with Crippen LogP contribution in [-0.4, -0.2) is 50.9 Å². The van der Waals surface area contributed by atoms with Gasteiger partial charge in [0.05, 0.1) is 6.04 Å². The van der Waals surface area contributed by atoms with Gasteiger partial charge in [-0.15, -0.1) is 0 Å². The number of H-pyrrole nitrogens is 1. The van der Waals surface area contributed by atoms with Crippen molar-refractivity contribution in [1.29, 1.82) is 0 Å². The smallest absolute Gasteiger partial charge is 0.344 e. The molecule has 3 unspecified atom stereocenters. The number of nitrogens with zero attached hydrogens (tertiary/aromatic N) is 1. The monoisotopic (exact) mass is 434 g/mol. The van der Waals surface area contributed by atoms with Crippen LogP contribution in [0.25, 0.3) is 10.9 Å². The zero-order valence-electron chi connectivity index (χ0n) is 17.5. The Morgan fingerprint density at radius 2 is 1.81 bits per heavy atom. The summed E-state index contributed by atoms with van der Waals surface area (Å²) in [5.41, 5.74) is 12.8. The zero-order chi connectivity index (χ0) is 22.9. The van der Waals surface area contributed by atoms with E-state index < -0.39 is 29.5 Å². The Labute approximate surface area is 185 Å². The lowest BCUT2D eigenvalue weighted by Gasteiger charge is -2.44. The van der Waals surface area contributed by atoms with Gasteiger partial charge in [0.1, 0.15) is 0 Å². The summed E-state index contributed by atoms with van der Waals surface area (Å²) in [6.45, 7) is 0.0481. The average molecular weight is 434 g/mol. The molecule has 1 amide bonds. The first-order valence-electron chi connectivity index (χ1n) is 10.5. The van der Waals surface area contributed by atoms with Gasteiger partial charge in [-0.2, -0.15) is 0 Å². The number of amides is 1. The molecule has 1 aromatic heterocycles. The van der Waals surface area contributed by atoms with Gasteiger partial charge in [0, 0.05) is 41.5 Å². The van der Waals surface area contributed by atoms with Crippen molar-refractivity contribution < 1.29 is 19.5 Å². The number of aromatic amines is 1. The zero-order valence-corrected chi connectivity index (χ0v) is 17.5. The van der Waals surface area contributed by atoms with Gasteiger partial charge in [0.2, 0.25) is 5.91 Å². The minimum Gasteiger partial charge on any atom is -0.478 e. The maximum atomic E-state index is 13.2. The van der Waals surface area contributed by atoms with E-state index in [1.54, 1.807) is 36.5 Å². The van der Waals surface area contributed by atoms with E-state index in [0.717, 1.165) is 21.4 Å². The van der Waals surface area contributed by atoms with Gasteiger partial charge < -0.3 is 20.7 Å². The fourth-order valence-corrected chi connectivity index (χ4v) is 4.47. The number of Topliss-reactive ketones (excluding diaryl/α,β-unsaturated/α-hetero) is 1. The van der Waals surface area contributed by atoms with Crippen LogP contribution in [0.5, 0.6) is 0 Å². The number of fused-ring (bicyclic) bond motifs is 1. The minimum absolute atomic E-state index is 0.0481. The number of hydrogen-bond donors (Lipinski definition) is 4. The Bertz CT molecular complexity index is 1160. The number of carbonyl (C=O) groups is 3. The predicted octanol–water partition coefficient (Wildman–Crippen LogP) is 1.90. The van der Waals surface area contributed by atoms with E-state index in [9.17, 15) is 19.5 Å². The number of aromatic nitrogens is 1. The summed E-state index contributed by atoms with van der Waals surface area (Å²) in [5.74, 6) is -2.65. The van der Waals surface area contributed by atoms with Crippen molar-refractivity contribution in [2.45, 2.75) is 31.0 Å². The number of carboxylic acid groups (broad SMARTS) is 1. The second kappa shape index (κ2) is 8.57. The molecule has 0 bridgehead atoms. The molecule has 2 heterocycles. The lowest BCUT2D eigenvalue weighted by atomic mass is 9.81. The third-order valence-electron chi connectivity index (χ3n) is 6.24. The maximum absolute atomic E-state index is 13.2. The molecule has 8 heteroatoms. The number of piperidine rings is 1. The van der Waals surface area contributed by atoms with E-state index >= 15 is 0 Å². The highest BCUT2D eigenvalue weighted by atomic mass is 16.4. The normalized spacial score (nSPS) is 21.9. The molecule has 1 fully saturated rings. The molecule has 166 valence electrons. The molecule has 32 heavy (non-hydrogen) atoms. The van der Waals surface area contributed by atoms with Gasteiger partial charge >= 0.3 is 5.97 Å². The number of benzene rings is 2. The fraction of sp³-hybridized carbons (Fsp3) is 0.292. The van der Waals surface area contributed by atoms with Gasteiger partial charge in [-0.05, 0) is 24.5 Å². The number of ketones is 1. The van der Waals surface area contributed by atoms with E-state index in [1.807, 2.05) is 24.3 Å². The van der Waals surface area contributed by atoms with Crippen molar-refractivity contribution in [1.82, 2.24) is 9.88 Å². The molecule has 2 aromatic carbocycles. The van der Waals surface area contributed by atoms with Crippen LogP contribution in [-0.2, 0) is 16.0 Å². The molecule has 1 aliphatic rings. The summed E-state index contributed by atoms with van der Waals surface area (Å²) in [4.78, 5) is 42.5. The number of para-hydroxylation sites is 1. The molecule has 0 spiro atoms. The first-order chi connectivity index (χ1) is 15.3. The molecule has 8 nitrogen and oxygen atoms in total. The van der Waals surface area contributed by atoms with Crippen molar-refractivity contribution in [3.8, 4) is 0 Å². The minimum atomic E-state index is -2.00. The standard InChI is InChI=1S/C24H26N4O4/c25-19(12-17-14-27-20-9-5-4-8-18(17)20)22(30)28-11-10-16(13-24(28,26)23(31)32)21(29)15-6-2-1-3-7-15/h1-9,14,16,19,27H,10-13,25-26H2,(H,31,32). The predicted molar refractivity (Wildman–Crippen MR) is 120 cm³/mol. The Hall–Kier alpha value is -3.49. The number of nitrogens with two attached hydrogens (primary N) is 2. The van der Waals surface area contributed by atoms with Gasteiger partial charge in [-0.25, -0.2) is 4.79 Å². The number of aliphatic carboxylic acids is 1. The quantitative estimate of drug-likeness (QED) is 0.437. The SMILES string of the molecule is NC(Cc1c[nH]c2ccccc12)C(=O)N1CCC(C(=O)c2ccccc2)CC1(N)C(=O)O. The Balaban J connectivity index is 1.52. The molecular formula is C24H26N4O4. The highest BCUT2D eigenvalue weighted by Crippen LogP contribution is 2.32. The highest BCUT2D eigenvalue weighted by Gasteiger charge is 2.50. The second-order valence-electron chi connectivity index (χ2n) is 8.31. The van der Waals surface area contributed by atoms with Crippen molar-refractivity contribution in [2.75, 3.05) is 6.54 Å². The number of likely N-dealkylation sites (tertiary alicyclic amines) is 1. The van der Waals surface area contributed by atoms with Crippen molar-refractivity contribution >= 4 is 28.6 Å². The molecule has 6 N–H and O–H groups in total. The molecule has 1 saturated heterocycles. The average Bonchev–Trinajstić information content (AvgIpc) is 3.21. The molecule has 0 saturated carbocycles. The topological polar surface area (TPSA) is 143 Å². The van der Waals surface area contributed by atoms with Crippen LogP contribution in [0.1, 0.15) is 28.8 Å². The molecule has 1 aliphatic heterocycles. The summed E-state index contributed by atoms with van der Waals surface area (Å²) in [6, 6.07) is 15.4. The molecule has 3 aromatic rings. The Morgan fingerprint density at radius 1 is 1.12 bits per heavy atom. The lowest BCUT2D eigenvalue weighted by molar-refractivity contribution is -0.163. The maximum Gasteiger partial charge on any atom is 0.344 e. The summed E-state index contributed by atoms with van der Waals surface area (Å²) >= 11 is 0. The molecule has 0 radical (unpaired) electrons. The third kappa shape index (κ3) is 3.90. The Kier molecular flexibility index (Phi) is 5.82. The first kappa shape index (κ1) is 21.7. The summed E-state index contributed by atoms with van der Waals surface area (Å²) in [5, 5.41) is 10.8. The molecular weight excluding hydrogens is 408 g/mol. The van der Waals surface area contributed by atoms with E-state index in [1.165, 1.54) is 0 Å². The van der Waals surface area contributed by atoms with Crippen LogP contribution < -0.4 is 11.5 Å². The second-order valence-corrected chi connectivity index (χ2v) is 8.31. The first-order valence-corrected chi connectivity index (χ1v) is 10.5. The lowest BCUT2D eigenvalue weighted by Crippen LogP contribution is -2.69. The Morgan fingerprint density at radius 3 is 2.53 bits per heavy atom. The van der Waals surface area contributed by atoms with Crippen LogP contribution >= 0.6 is 0 Å². The van der Waals surface area contributed by atoms with Crippen LogP contribution in [0, 0.1) is 5.92 Å². The van der Waals surface area contributed by atoms with Crippen LogP contribution in [0.15, 0.2) is 60.8 Å². The van der Waals surface area contributed by atoms with Crippen molar-refractivity contribution in [2.24, 2.45) is 17.4 Å². The van der Waals surface area contributed by atoms with E-state index in [4.69, 9.17) is 11.5 Å². The summed E-state index contributed by atoms with van der Waals surface area (Å²) in [6.07, 6.45) is 2.20. The summed E-state index contributed by atoms with van der Waals surface area (Å²) in [7, 11) is 0. The summed E-state index contributed by atoms with van der Waals surface area (Å²) < 4.78 is 0. The third-order valence-corrected chi connectivity index (χ3v) is 6.24. The number of rotatable bonds is 6. The van der Waals surface area contributed by atoms with Gasteiger partial charge in [-0.3, -0.25) is 15.3 Å². The van der Waals surface area contributed by atoms with Crippen LogP contribution in [0.4, 0.5) is 0 Å². The van der Waals surface area contributed by atoms with Crippen LogP contribution in [0.3, 0.4) is 0 Å². The fourth-order valence-electron chi connectivity index (χ4n) is 4.47. The van der Waals surface area contributed by atoms with Crippen molar-refractivity contribution in [3.05, 3.63) is 71.9 Å². The highest BCUT2D eigenvalue weighted by molar-refractivity contribution is 5.99. The van der Waals surface area contributed by atoms with Gasteiger partial charge in [0.25, 0.3) is 0 Å². The molecule has 3 atom stereocenters. The number of hydrogen-bond acceptors (Lipinski definition) is 5.